The van der Waals surface area contributed by atoms with Gasteiger partial charge in [-0.2, -0.15) is 0 Å². The van der Waals surface area contributed by atoms with Crippen molar-refractivity contribution < 1.29 is 0 Å². The van der Waals surface area contributed by atoms with Crippen molar-refractivity contribution in [2.75, 3.05) is 39.8 Å². The molecule has 1 aliphatic heterocycles. The highest BCUT2D eigenvalue weighted by molar-refractivity contribution is 14.0. The summed E-state index contributed by atoms with van der Waals surface area (Å²) < 4.78 is 0. The number of halogens is 1. The molecular weight excluding hydrogens is 407 g/mol. The Bertz CT molecular complexity index is 400. The van der Waals surface area contributed by atoms with Crippen LogP contribution < -0.4 is 10.6 Å². The van der Waals surface area contributed by atoms with E-state index in [1.165, 1.54) is 43.6 Å². The Balaban J connectivity index is 0.00000242. The number of guanidine groups is 1. The molecule has 1 aromatic rings. The molecule has 0 aliphatic carbocycles. The molecule has 1 aliphatic rings. The van der Waals surface area contributed by atoms with Crippen molar-refractivity contribution in [2.24, 2.45) is 4.99 Å². The normalized spacial score (nSPS) is 16.7. The van der Waals surface area contributed by atoms with Crippen LogP contribution in [0.4, 0.5) is 0 Å². The van der Waals surface area contributed by atoms with Gasteiger partial charge in [-0.25, -0.2) is 0 Å². The molecule has 2 heterocycles. The van der Waals surface area contributed by atoms with E-state index in [1.807, 2.05) is 18.4 Å². The van der Waals surface area contributed by atoms with Gasteiger partial charge in [0, 0.05) is 31.6 Å². The number of hydrogen-bond donors (Lipinski definition) is 2. The van der Waals surface area contributed by atoms with Gasteiger partial charge < -0.3 is 15.5 Å². The third-order valence-corrected chi connectivity index (χ3v) is 4.82. The molecule has 0 spiro atoms. The van der Waals surface area contributed by atoms with Gasteiger partial charge in [-0.15, -0.1) is 35.3 Å². The molecule has 1 saturated heterocycles. The molecule has 6 heteroatoms. The topological polar surface area (TPSA) is 39.7 Å². The standard InChI is InChI=1S/C16H28N4S.HI/c1-17-16(18-9-8-15-7-6-14-21-15)19-10-13-20-11-4-2-3-5-12-20;/h6-7,14H,2-5,8-13H2,1H3,(H2,17,18,19);1H. The molecule has 0 radical (unpaired) electrons. The van der Waals surface area contributed by atoms with E-state index >= 15 is 0 Å². The highest BCUT2D eigenvalue weighted by atomic mass is 127. The maximum atomic E-state index is 4.29. The van der Waals surface area contributed by atoms with Crippen LogP contribution in [0.15, 0.2) is 22.5 Å². The maximum Gasteiger partial charge on any atom is 0.191 e. The summed E-state index contributed by atoms with van der Waals surface area (Å²) in [4.78, 5) is 8.27. The quantitative estimate of drug-likeness (QED) is 0.409. The van der Waals surface area contributed by atoms with Crippen LogP contribution in [0.2, 0.25) is 0 Å². The lowest BCUT2D eigenvalue weighted by Gasteiger charge is -2.20. The van der Waals surface area contributed by atoms with Gasteiger partial charge in [0.2, 0.25) is 0 Å². The summed E-state index contributed by atoms with van der Waals surface area (Å²) in [7, 11) is 1.84. The molecule has 0 unspecified atom stereocenters. The van der Waals surface area contributed by atoms with Gasteiger partial charge >= 0.3 is 0 Å². The Hall–Kier alpha value is -0.340. The second-order valence-corrected chi connectivity index (χ2v) is 6.54. The van der Waals surface area contributed by atoms with Crippen molar-refractivity contribution >= 4 is 41.3 Å². The number of thiophene rings is 1. The van der Waals surface area contributed by atoms with E-state index in [1.54, 1.807) is 0 Å². The zero-order valence-corrected chi connectivity index (χ0v) is 16.7. The molecule has 4 nitrogen and oxygen atoms in total. The average molecular weight is 436 g/mol. The van der Waals surface area contributed by atoms with Gasteiger partial charge in [0.15, 0.2) is 5.96 Å². The van der Waals surface area contributed by atoms with E-state index in [9.17, 15) is 0 Å². The molecule has 0 saturated carbocycles. The fourth-order valence-electron chi connectivity index (χ4n) is 2.67. The number of nitrogens with zero attached hydrogens (tertiary/aromatic N) is 2. The average Bonchev–Trinajstić information content (AvgIpc) is 2.88. The van der Waals surface area contributed by atoms with Crippen molar-refractivity contribution in [3.63, 3.8) is 0 Å². The van der Waals surface area contributed by atoms with Crippen LogP contribution in [0.25, 0.3) is 0 Å². The first-order valence-electron chi connectivity index (χ1n) is 8.08. The van der Waals surface area contributed by atoms with Crippen LogP contribution in [0.5, 0.6) is 0 Å². The zero-order valence-electron chi connectivity index (χ0n) is 13.5. The minimum Gasteiger partial charge on any atom is -0.356 e. The van der Waals surface area contributed by atoms with Crippen molar-refractivity contribution in [1.29, 1.82) is 0 Å². The summed E-state index contributed by atoms with van der Waals surface area (Å²) in [5.41, 5.74) is 0. The minimum absolute atomic E-state index is 0. The van der Waals surface area contributed by atoms with Gasteiger partial charge in [0.25, 0.3) is 0 Å². The largest absolute Gasteiger partial charge is 0.356 e. The Morgan fingerprint density at radius 2 is 1.91 bits per heavy atom. The molecular formula is C16H29IN4S. The van der Waals surface area contributed by atoms with Crippen LogP contribution >= 0.6 is 35.3 Å². The number of likely N-dealkylation sites (tertiary alicyclic amines) is 1. The number of rotatable bonds is 6. The van der Waals surface area contributed by atoms with E-state index < -0.39 is 0 Å². The second kappa shape index (κ2) is 12.1. The predicted octanol–water partition coefficient (Wildman–Crippen LogP) is 2.95. The van der Waals surface area contributed by atoms with E-state index in [0.29, 0.717) is 0 Å². The van der Waals surface area contributed by atoms with Gasteiger partial charge in [-0.05, 0) is 43.8 Å². The van der Waals surface area contributed by atoms with Crippen molar-refractivity contribution in [1.82, 2.24) is 15.5 Å². The Morgan fingerprint density at radius 3 is 2.55 bits per heavy atom. The molecule has 0 aromatic carbocycles. The lowest BCUT2D eigenvalue weighted by molar-refractivity contribution is 0.289. The first-order valence-corrected chi connectivity index (χ1v) is 8.95. The zero-order chi connectivity index (χ0) is 14.8. The highest BCUT2D eigenvalue weighted by Gasteiger charge is 2.08. The summed E-state index contributed by atoms with van der Waals surface area (Å²) in [5.74, 6) is 0.918. The third kappa shape index (κ3) is 7.78. The summed E-state index contributed by atoms with van der Waals surface area (Å²) in [5, 5.41) is 8.93. The fourth-order valence-corrected chi connectivity index (χ4v) is 3.38. The van der Waals surface area contributed by atoms with Crippen molar-refractivity contribution in [3.05, 3.63) is 22.4 Å². The molecule has 2 rings (SSSR count). The molecule has 0 amide bonds. The molecule has 22 heavy (non-hydrogen) atoms. The summed E-state index contributed by atoms with van der Waals surface area (Å²) in [6, 6.07) is 4.29. The van der Waals surface area contributed by atoms with Gasteiger partial charge in [0.05, 0.1) is 0 Å². The SMILES string of the molecule is CN=C(NCCc1cccs1)NCCN1CCCCCC1.I. The number of nitrogens with one attached hydrogen (secondary N) is 2. The lowest BCUT2D eigenvalue weighted by Crippen LogP contribution is -2.42. The summed E-state index contributed by atoms with van der Waals surface area (Å²) >= 11 is 1.81. The van der Waals surface area contributed by atoms with Crippen LogP contribution in [0, 0.1) is 0 Å². The molecule has 1 fully saturated rings. The lowest BCUT2D eigenvalue weighted by atomic mass is 10.2. The van der Waals surface area contributed by atoms with Crippen LogP contribution in [0.1, 0.15) is 30.6 Å². The third-order valence-electron chi connectivity index (χ3n) is 3.89. The smallest absolute Gasteiger partial charge is 0.191 e. The maximum absolute atomic E-state index is 4.29. The number of hydrogen-bond acceptors (Lipinski definition) is 3. The molecule has 0 atom stereocenters. The molecule has 2 N–H and O–H groups in total. The summed E-state index contributed by atoms with van der Waals surface area (Å²) in [6.45, 7) is 5.53. The van der Waals surface area contributed by atoms with Gasteiger partial charge in [-0.3, -0.25) is 4.99 Å². The Labute approximate surface area is 155 Å². The molecule has 0 bridgehead atoms. The van der Waals surface area contributed by atoms with E-state index in [4.69, 9.17) is 0 Å². The van der Waals surface area contributed by atoms with Crippen LogP contribution in [0.3, 0.4) is 0 Å². The Morgan fingerprint density at radius 1 is 1.18 bits per heavy atom. The van der Waals surface area contributed by atoms with Crippen molar-refractivity contribution in [3.8, 4) is 0 Å². The van der Waals surface area contributed by atoms with Crippen LogP contribution in [-0.4, -0.2) is 50.6 Å². The first kappa shape index (κ1) is 19.7. The van der Waals surface area contributed by atoms with E-state index in [-0.39, 0.29) is 24.0 Å². The van der Waals surface area contributed by atoms with E-state index in [0.717, 1.165) is 32.0 Å². The van der Waals surface area contributed by atoms with Crippen LogP contribution in [-0.2, 0) is 6.42 Å². The predicted molar refractivity (Wildman–Crippen MR) is 108 cm³/mol. The van der Waals surface area contributed by atoms with Gasteiger partial charge in [-0.1, -0.05) is 18.9 Å². The van der Waals surface area contributed by atoms with Gasteiger partial charge in [0.1, 0.15) is 0 Å². The number of aliphatic imine (C=N–C) groups is 1. The van der Waals surface area contributed by atoms with E-state index in [2.05, 4.69) is 38.0 Å². The van der Waals surface area contributed by atoms with Crippen molar-refractivity contribution in [2.45, 2.75) is 32.1 Å². The minimum atomic E-state index is 0. The highest BCUT2D eigenvalue weighted by Crippen LogP contribution is 2.09. The monoisotopic (exact) mass is 436 g/mol. The Kier molecular flexibility index (Phi) is 10.9. The summed E-state index contributed by atoms with van der Waals surface area (Å²) in [6.07, 6.45) is 6.57. The molecule has 126 valence electrons. The first-order chi connectivity index (χ1) is 10.4. The fraction of sp³-hybridized carbons (Fsp3) is 0.688. The molecule has 1 aromatic heterocycles. The second-order valence-electron chi connectivity index (χ2n) is 5.51.